The molecular formula is C16H17NO3. The number of nitrogens with two attached hydrogens (primary N) is 1. The molecule has 2 aromatic rings. The molecule has 2 aromatic carbocycles. The van der Waals surface area contributed by atoms with Crippen LogP contribution in [0.2, 0.25) is 0 Å². The van der Waals surface area contributed by atoms with Crippen molar-refractivity contribution in [3.05, 3.63) is 59.7 Å². The number of aliphatic hydroxyl groups is 1. The van der Waals surface area contributed by atoms with Gasteiger partial charge in [-0.1, -0.05) is 30.3 Å². The summed E-state index contributed by atoms with van der Waals surface area (Å²) in [5.41, 5.74) is 7.87. The molecule has 104 valence electrons. The molecule has 0 radical (unpaired) electrons. The summed E-state index contributed by atoms with van der Waals surface area (Å²) in [5.74, 6) is 1.44. The Morgan fingerprint density at radius 2 is 2.00 bits per heavy atom. The maximum absolute atomic E-state index is 9.73. The summed E-state index contributed by atoms with van der Waals surface area (Å²) < 4.78 is 11.2. The largest absolute Gasteiger partial charge is 0.490 e. The van der Waals surface area contributed by atoms with E-state index in [1.165, 1.54) is 0 Å². The van der Waals surface area contributed by atoms with E-state index in [0.29, 0.717) is 6.61 Å². The average Bonchev–Trinajstić information content (AvgIpc) is 2.50. The molecule has 4 heteroatoms. The number of benzene rings is 2. The van der Waals surface area contributed by atoms with Crippen molar-refractivity contribution in [3.8, 4) is 11.5 Å². The minimum absolute atomic E-state index is 0.235. The second kappa shape index (κ2) is 5.53. The van der Waals surface area contributed by atoms with Crippen molar-refractivity contribution >= 4 is 0 Å². The molecular weight excluding hydrogens is 254 g/mol. The molecule has 0 fully saturated rings. The Kier molecular flexibility index (Phi) is 3.58. The van der Waals surface area contributed by atoms with Crippen LogP contribution in [-0.2, 0) is 6.61 Å². The van der Waals surface area contributed by atoms with Crippen LogP contribution in [0.15, 0.2) is 48.5 Å². The van der Waals surface area contributed by atoms with Crippen molar-refractivity contribution in [3.63, 3.8) is 0 Å². The predicted molar refractivity (Wildman–Crippen MR) is 75.6 cm³/mol. The van der Waals surface area contributed by atoms with Gasteiger partial charge in [0.05, 0.1) is 6.04 Å². The van der Waals surface area contributed by atoms with E-state index in [9.17, 15) is 5.11 Å². The second-order valence-corrected chi connectivity index (χ2v) is 4.88. The first-order valence-corrected chi connectivity index (χ1v) is 6.61. The van der Waals surface area contributed by atoms with Gasteiger partial charge in [-0.25, -0.2) is 0 Å². The highest BCUT2D eigenvalue weighted by molar-refractivity contribution is 5.44. The van der Waals surface area contributed by atoms with Gasteiger partial charge in [0.2, 0.25) is 0 Å². The fourth-order valence-corrected chi connectivity index (χ4v) is 2.24. The van der Waals surface area contributed by atoms with Gasteiger partial charge in [-0.3, -0.25) is 0 Å². The van der Waals surface area contributed by atoms with Crippen LogP contribution in [0.5, 0.6) is 11.5 Å². The summed E-state index contributed by atoms with van der Waals surface area (Å²) in [5, 5.41) is 9.73. The third-order valence-electron chi connectivity index (χ3n) is 3.41. The molecule has 0 bridgehead atoms. The second-order valence-electron chi connectivity index (χ2n) is 4.88. The molecule has 3 rings (SSSR count). The maximum atomic E-state index is 9.73. The Morgan fingerprint density at radius 1 is 1.20 bits per heavy atom. The molecule has 0 saturated heterocycles. The number of fused-ring (bicyclic) bond motifs is 1. The first-order chi connectivity index (χ1) is 9.74. The van der Waals surface area contributed by atoms with E-state index in [1.54, 1.807) is 0 Å². The number of hydrogen-bond donors (Lipinski definition) is 2. The lowest BCUT2D eigenvalue weighted by Gasteiger charge is -2.28. The molecule has 20 heavy (non-hydrogen) atoms. The molecule has 0 spiro atoms. The van der Waals surface area contributed by atoms with Crippen molar-refractivity contribution < 1.29 is 14.6 Å². The van der Waals surface area contributed by atoms with Crippen LogP contribution in [0.4, 0.5) is 0 Å². The minimum Gasteiger partial charge on any atom is -0.490 e. The van der Waals surface area contributed by atoms with Gasteiger partial charge in [0, 0.05) is 5.56 Å². The van der Waals surface area contributed by atoms with E-state index < -0.39 is 12.1 Å². The standard InChI is InChI=1S/C16H17NO3/c17-16-13-8-12(6-7-15(13)20-10-14(16)18)19-9-11-4-2-1-3-5-11/h1-8,14,16,18H,9-10,17H2/t14-,16+/m0/s1. The van der Waals surface area contributed by atoms with Gasteiger partial charge >= 0.3 is 0 Å². The van der Waals surface area contributed by atoms with Gasteiger partial charge in [-0.15, -0.1) is 0 Å². The normalized spacial score (nSPS) is 20.9. The molecule has 0 aromatic heterocycles. The van der Waals surface area contributed by atoms with Gasteiger partial charge in [0.1, 0.15) is 30.8 Å². The van der Waals surface area contributed by atoms with E-state index in [0.717, 1.165) is 22.6 Å². The van der Waals surface area contributed by atoms with Gasteiger partial charge in [0.25, 0.3) is 0 Å². The van der Waals surface area contributed by atoms with Crippen molar-refractivity contribution in [2.24, 2.45) is 5.73 Å². The lowest BCUT2D eigenvalue weighted by Crippen LogP contribution is -2.35. The smallest absolute Gasteiger partial charge is 0.124 e. The SMILES string of the molecule is N[C@@H]1c2cc(OCc3ccccc3)ccc2OC[C@@H]1O. The van der Waals surface area contributed by atoms with Crippen LogP contribution in [0.25, 0.3) is 0 Å². The topological polar surface area (TPSA) is 64.7 Å². The highest BCUT2D eigenvalue weighted by Gasteiger charge is 2.26. The molecule has 0 amide bonds. The lowest BCUT2D eigenvalue weighted by atomic mass is 9.99. The van der Waals surface area contributed by atoms with E-state index in [4.69, 9.17) is 15.2 Å². The molecule has 3 N–H and O–H groups in total. The Hall–Kier alpha value is -2.04. The summed E-state index contributed by atoms with van der Waals surface area (Å²) in [7, 11) is 0. The van der Waals surface area contributed by atoms with Crippen molar-refractivity contribution in [1.29, 1.82) is 0 Å². The van der Waals surface area contributed by atoms with Crippen LogP contribution in [0.1, 0.15) is 17.2 Å². The summed E-state index contributed by atoms with van der Waals surface area (Å²) in [6.45, 7) is 0.733. The fourth-order valence-electron chi connectivity index (χ4n) is 2.24. The quantitative estimate of drug-likeness (QED) is 0.896. The van der Waals surface area contributed by atoms with E-state index in [-0.39, 0.29) is 6.61 Å². The van der Waals surface area contributed by atoms with E-state index in [1.807, 2.05) is 48.5 Å². The highest BCUT2D eigenvalue weighted by atomic mass is 16.5. The first-order valence-electron chi connectivity index (χ1n) is 6.61. The fraction of sp³-hybridized carbons (Fsp3) is 0.250. The molecule has 1 aliphatic rings. The van der Waals surface area contributed by atoms with Gasteiger partial charge < -0.3 is 20.3 Å². The van der Waals surface area contributed by atoms with Gasteiger partial charge in [-0.05, 0) is 23.8 Å². The van der Waals surface area contributed by atoms with E-state index in [2.05, 4.69) is 0 Å². The van der Waals surface area contributed by atoms with Crippen LogP contribution in [0, 0.1) is 0 Å². The third kappa shape index (κ3) is 2.61. The predicted octanol–water partition coefficient (Wildman–Crippen LogP) is 2.02. The zero-order valence-corrected chi connectivity index (χ0v) is 11.0. The zero-order chi connectivity index (χ0) is 13.9. The van der Waals surface area contributed by atoms with Crippen LogP contribution < -0.4 is 15.2 Å². The van der Waals surface area contributed by atoms with Crippen LogP contribution in [0.3, 0.4) is 0 Å². The average molecular weight is 271 g/mol. The number of aliphatic hydroxyl groups excluding tert-OH is 1. The Balaban J connectivity index is 1.75. The number of ether oxygens (including phenoxy) is 2. The van der Waals surface area contributed by atoms with Crippen molar-refractivity contribution in [1.82, 2.24) is 0 Å². The Labute approximate surface area is 117 Å². The van der Waals surface area contributed by atoms with E-state index >= 15 is 0 Å². The molecule has 4 nitrogen and oxygen atoms in total. The zero-order valence-electron chi connectivity index (χ0n) is 11.0. The molecule has 1 aliphatic heterocycles. The highest BCUT2D eigenvalue weighted by Crippen LogP contribution is 2.33. The maximum Gasteiger partial charge on any atom is 0.124 e. The molecule has 0 aliphatic carbocycles. The van der Waals surface area contributed by atoms with Crippen molar-refractivity contribution in [2.75, 3.05) is 6.61 Å². The third-order valence-corrected chi connectivity index (χ3v) is 3.41. The monoisotopic (exact) mass is 271 g/mol. The van der Waals surface area contributed by atoms with Crippen LogP contribution >= 0.6 is 0 Å². The Morgan fingerprint density at radius 3 is 2.80 bits per heavy atom. The minimum atomic E-state index is -0.674. The van der Waals surface area contributed by atoms with Gasteiger partial charge in [0.15, 0.2) is 0 Å². The first kappa shape index (κ1) is 13.0. The lowest BCUT2D eigenvalue weighted by molar-refractivity contribution is 0.0676. The van der Waals surface area contributed by atoms with Gasteiger partial charge in [-0.2, -0.15) is 0 Å². The molecule has 2 atom stereocenters. The number of hydrogen-bond acceptors (Lipinski definition) is 4. The molecule has 0 unspecified atom stereocenters. The summed E-state index contributed by atoms with van der Waals surface area (Å²) >= 11 is 0. The van der Waals surface area contributed by atoms with Crippen molar-refractivity contribution in [2.45, 2.75) is 18.8 Å². The molecule has 1 heterocycles. The number of rotatable bonds is 3. The summed E-state index contributed by atoms with van der Waals surface area (Å²) in [4.78, 5) is 0. The Bertz CT molecular complexity index is 586. The van der Waals surface area contributed by atoms with Crippen LogP contribution in [-0.4, -0.2) is 17.8 Å². The summed E-state index contributed by atoms with van der Waals surface area (Å²) in [6.07, 6.45) is -0.674. The molecule has 0 saturated carbocycles. The summed E-state index contributed by atoms with van der Waals surface area (Å²) in [6, 6.07) is 15.0.